The molecule has 4 rings (SSSR count). The molecule has 118 valence electrons. The molecule has 1 saturated carbocycles. The van der Waals surface area contributed by atoms with Gasteiger partial charge in [0.15, 0.2) is 0 Å². The highest BCUT2D eigenvalue weighted by molar-refractivity contribution is 5.97. The predicted octanol–water partition coefficient (Wildman–Crippen LogP) is 2.32. The largest absolute Gasteiger partial charge is 0.378 e. The second-order valence-electron chi connectivity index (χ2n) is 6.11. The van der Waals surface area contributed by atoms with Gasteiger partial charge in [-0.1, -0.05) is 0 Å². The van der Waals surface area contributed by atoms with Crippen molar-refractivity contribution in [2.24, 2.45) is 0 Å². The van der Waals surface area contributed by atoms with Crippen LogP contribution in [0.15, 0.2) is 30.5 Å². The minimum absolute atomic E-state index is 0.0229. The first-order chi connectivity index (χ1) is 11.1. The maximum atomic E-state index is 12.0. The van der Waals surface area contributed by atoms with Crippen molar-refractivity contribution in [2.45, 2.75) is 31.3 Å². The van der Waals surface area contributed by atoms with Gasteiger partial charge in [-0.05, 0) is 31.0 Å². The van der Waals surface area contributed by atoms with Crippen LogP contribution in [-0.4, -0.2) is 39.3 Å². The van der Waals surface area contributed by atoms with E-state index in [0.717, 1.165) is 18.5 Å². The summed E-state index contributed by atoms with van der Waals surface area (Å²) in [5.41, 5.74) is 1.35. The second kappa shape index (κ2) is 5.19. The van der Waals surface area contributed by atoms with Gasteiger partial charge in [0.1, 0.15) is 5.52 Å². The van der Waals surface area contributed by atoms with Crippen LogP contribution in [0.2, 0.25) is 0 Å². The van der Waals surface area contributed by atoms with Crippen molar-refractivity contribution in [1.29, 1.82) is 0 Å². The minimum atomic E-state index is -0.401. The zero-order chi connectivity index (χ0) is 16.0. The molecule has 2 aromatic rings. The Morgan fingerprint density at radius 1 is 1.30 bits per heavy atom. The van der Waals surface area contributed by atoms with E-state index < -0.39 is 4.92 Å². The zero-order valence-electron chi connectivity index (χ0n) is 12.4. The Hall–Kier alpha value is -2.70. The summed E-state index contributed by atoms with van der Waals surface area (Å²) in [4.78, 5) is 29.0. The number of nitrogens with one attached hydrogen (secondary N) is 1. The third kappa shape index (κ3) is 2.48. The Kier molecular flexibility index (Phi) is 3.14. The number of fused-ring (bicyclic) bond motifs is 1. The fourth-order valence-electron chi connectivity index (χ4n) is 3.22. The number of likely N-dealkylation sites (tertiary alicyclic amines) is 1. The molecule has 0 spiro atoms. The van der Waals surface area contributed by atoms with E-state index in [-0.39, 0.29) is 17.6 Å². The van der Waals surface area contributed by atoms with Gasteiger partial charge in [0.25, 0.3) is 5.69 Å². The lowest BCUT2D eigenvalue weighted by Crippen LogP contribution is -2.29. The average Bonchev–Trinajstić information content (AvgIpc) is 3.31. The van der Waals surface area contributed by atoms with Crippen LogP contribution < -0.4 is 5.32 Å². The summed E-state index contributed by atoms with van der Waals surface area (Å²) in [7, 11) is 0. The first kappa shape index (κ1) is 13.9. The summed E-state index contributed by atoms with van der Waals surface area (Å²) in [5.74, 6) is 0.184. The molecular weight excluding hydrogens is 296 g/mol. The molecule has 1 aliphatic heterocycles. The lowest BCUT2D eigenvalue weighted by molar-refractivity contribution is -0.383. The molecule has 1 unspecified atom stereocenters. The molecule has 1 saturated heterocycles. The number of rotatable bonds is 4. The van der Waals surface area contributed by atoms with Crippen molar-refractivity contribution in [3.05, 3.63) is 40.6 Å². The van der Waals surface area contributed by atoms with Gasteiger partial charge in [0, 0.05) is 31.3 Å². The van der Waals surface area contributed by atoms with Crippen molar-refractivity contribution in [2.75, 3.05) is 11.9 Å². The third-order valence-corrected chi connectivity index (χ3v) is 4.45. The van der Waals surface area contributed by atoms with Crippen LogP contribution in [0, 0.1) is 10.1 Å². The van der Waals surface area contributed by atoms with E-state index in [1.54, 1.807) is 24.4 Å². The number of benzene rings is 1. The molecule has 23 heavy (non-hydrogen) atoms. The Labute approximate surface area is 132 Å². The standard InChI is InChI=1S/C16H16N4O3/c21-15-8-10(9-19(15)11-3-4-11)18-13-5-6-14(20(22)23)12-2-1-7-17-16(12)13/h1-2,5-7,10-11,18H,3-4,8-9H2. The van der Waals surface area contributed by atoms with Gasteiger partial charge in [0.2, 0.25) is 5.91 Å². The van der Waals surface area contributed by atoms with Gasteiger partial charge in [-0.3, -0.25) is 19.9 Å². The maximum Gasteiger partial charge on any atom is 0.278 e. The average molecular weight is 312 g/mol. The molecule has 1 aromatic carbocycles. The van der Waals surface area contributed by atoms with E-state index >= 15 is 0 Å². The highest BCUT2D eigenvalue weighted by Crippen LogP contribution is 2.33. The SMILES string of the molecule is O=C1CC(Nc2ccc([N+](=O)[O-])c3cccnc23)CN1C1CC1. The second-order valence-corrected chi connectivity index (χ2v) is 6.11. The number of nitro benzene ring substituents is 1. The van der Waals surface area contributed by atoms with Crippen LogP contribution in [-0.2, 0) is 4.79 Å². The van der Waals surface area contributed by atoms with E-state index in [9.17, 15) is 14.9 Å². The first-order valence-electron chi connectivity index (χ1n) is 7.71. The molecule has 1 aromatic heterocycles. The molecular formula is C16H16N4O3. The smallest absolute Gasteiger partial charge is 0.278 e. The van der Waals surface area contributed by atoms with Gasteiger partial charge >= 0.3 is 0 Å². The molecule has 0 radical (unpaired) electrons. The van der Waals surface area contributed by atoms with Crippen molar-refractivity contribution in [3.8, 4) is 0 Å². The monoisotopic (exact) mass is 312 g/mol. The zero-order valence-corrected chi connectivity index (χ0v) is 12.4. The Morgan fingerprint density at radius 3 is 2.87 bits per heavy atom. The van der Waals surface area contributed by atoms with E-state index in [1.165, 1.54) is 6.07 Å². The lowest BCUT2D eigenvalue weighted by atomic mass is 10.1. The molecule has 1 atom stereocenters. The van der Waals surface area contributed by atoms with E-state index in [2.05, 4.69) is 10.3 Å². The van der Waals surface area contributed by atoms with Crippen LogP contribution in [0.5, 0.6) is 0 Å². The summed E-state index contributed by atoms with van der Waals surface area (Å²) in [5, 5.41) is 15.0. The Morgan fingerprint density at radius 2 is 2.13 bits per heavy atom. The van der Waals surface area contributed by atoms with E-state index in [1.807, 2.05) is 4.90 Å². The molecule has 2 heterocycles. The number of carbonyl (C=O) groups excluding carboxylic acids is 1. The number of hydrogen-bond donors (Lipinski definition) is 1. The molecule has 7 nitrogen and oxygen atoms in total. The van der Waals surface area contributed by atoms with E-state index in [4.69, 9.17) is 0 Å². The number of amides is 1. The van der Waals surface area contributed by atoms with Crippen molar-refractivity contribution in [1.82, 2.24) is 9.88 Å². The number of anilines is 1. The van der Waals surface area contributed by atoms with E-state index in [0.29, 0.717) is 29.9 Å². The predicted molar refractivity (Wildman–Crippen MR) is 85.2 cm³/mol. The fraction of sp³-hybridized carbons (Fsp3) is 0.375. The van der Waals surface area contributed by atoms with Gasteiger partial charge in [-0.25, -0.2) is 0 Å². The number of pyridine rings is 1. The summed E-state index contributed by atoms with van der Waals surface area (Å²) in [6.45, 7) is 0.689. The third-order valence-electron chi connectivity index (χ3n) is 4.45. The van der Waals surface area contributed by atoms with Crippen molar-refractivity contribution in [3.63, 3.8) is 0 Å². The quantitative estimate of drug-likeness (QED) is 0.691. The molecule has 1 aliphatic carbocycles. The van der Waals surface area contributed by atoms with Crippen LogP contribution in [0.4, 0.5) is 11.4 Å². The highest BCUT2D eigenvalue weighted by Gasteiger charge is 2.39. The summed E-state index contributed by atoms with van der Waals surface area (Å²) >= 11 is 0. The van der Waals surface area contributed by atoms with Crippen LogP contribution in [0.3, 0.4) is 0 Å². The highest BCUT2D eigenvalue weighted by atomic mass is 16.6. The summed E-state index contributed by atoms with van der Waals surface area (Å²) in [6.07, 6.45) is 4.27. The first-order valence-corrected chi connectivity index (χ1v) is 7.71. The fourth-order valence-corrected chi connectivity index (χ4v) is 3.22. The molecule has 1 N–H and O–H groups in total. The van der Waals surface area contributed by atoms with Crippen molar-refractivity contribution >= 4 is 28.2 Å². The number of carbonyl (C=O) groups is 1. The van der Waals surface area contributed by atoms with Crippen LogP contribution in [0.25, 0.3) is 10.9 Å². The molecule has 0 bridgehead atoms. The van der Waals surface area contributed by atoms with Gasteiger partial charge in [-0.15, -0.1) is 0 Å². The normalized spacial score (nSPS) is 21.0. The van der Waals surface area contributed by atoms with Crippen LogP contribution in [0.1, 0.15) is 19.3 Å². The maximum absolute atomic E-state index is 12.0. The van der Waals surface area contributed by atoms with Gasteiger partial charge < -0.3 is 10.2 Å². The van der Waals surface area contributed by atoms with Gasteiger partial charge in [-0.2, -0.15) is 0 Å². The summed E-state index contributed by atoms with van der Waals surface area (Å²) < 4.78 is 0. The minimum Gasteiger partial charge on any atom is -0.378 e. The number of hydrogen-bond acceptors (Lipinski definition) is 5. The topological polar surface area (TPSA) is 88.4 Å². The molecule has 7 heteroatoms. The Bertz CT molecular complexity index is 803. The van der Waals surface area contributed by atoms with Gasteiger partial charge in [0.05, 0.1) is 22.0 Å². The lowest BCUT2D eigenvalue weighted by Gasteiger charge is -2.17. The summed E-state index contributed by atoms with van der Waals surface area (Å²) in [6, 6.07) is 6.99. The number of aromatic nitrogens is 1. The molecule has 2 aliphatic rings. The number of nitro groups is 1. The van der Waals surface area contributed by atoms with Crippen LogP contribution >= 0.6 is 0 Å². The molecule has 1 amide bonds. The number of non-ortho nitro benzene ring substituents is 1. The number of nitrogens with zero attached hydrogens (tertiary/aromatic N) is 3. The molecule has 2 fully saturated rings. The van der Waals surface area contributed by atoms with Crippen molar-refractivity contribution < 1.29 is 9.72 Å². The Balaban J connectivity index is 1.63.